The summed E-state index contributed by atoms with van der Waals surface area (Å²) in [4.78, 5) is 21.6. The zero-order chi connectivity index (χ0) is 19.4. The minimum absolute atomic E-state index is 0.131. The van der Waals surface area contributed by atoms with Crippen LogP contribution in [-0.4, -0.2) is 58.5 Å². The topological polar surface area (TPSA) is 41.4 Å². The second-order valence-electron chi connectivity index (χ2n) is 7.88. The monoisotopic (exact) mass is 372 g/mol. The first-order valence-corrected chi connectivity index (χ1v) is 9.78. The number of amides is 1. The largest absolute Gasteiger partial charge is 0.343 e. The minimum atomic E-state index is 0.131. The Morgan fingerprint density at radius 3 is 2.54 bits per heavy atom. The molecule has 5 nitrogen and oxygen atoms in total. The van der Waals surface area contributed by atoms with Crippen LogP contribution in [0.2, 0.25) is 0 Å². The lowest BCUT2D eigenvalue weighted by atomic mass is 10.0. The summed E-state index contributed by atoms with van der Waals surface area (Å²) in [6, 6.07) is 10.4. The van der Waals surface area contributed by atoms with E-state index in [1.165, 1.54) is 21.9 Å². The number of nitrogens with zero attached hydrogens (tertiary/aromatic N) is 4. The van der Waals surface area contributed by atoms with Gasteiger partial charge in [-0.1, -0.05) is 0 Å². The number of carbonyl (C=O) groups is 1. The molecule has 4 aromatic rings. The van der Waals surface area contributed by atoms with Crippen molar-refractivity contribution >= 4 is 38.5 Å². The molecule has 0 bridgehead atoms. The summed E-state index contributed by atoms with van der Waals surface area (Å²) >= 11 is 0. The number of likely N-dealkylation sites (N-methyl/N-ethyl adjacent to an activating group) is 1. The molecule has 1 aliphatic rings. The van der Waals surface area contributed by atoms with Gasteiger partial charge in [0, 0.05) is 72.9 Å². The van der Waals surface area contributed by atoms with E-state index in [2.05, 4.69) is 59.7 Å². The molecule has 1 aliphatic heterocycles. The molecule has 0 spiro atoms. The normalized spacial score (nSPS) is 15.8. The van der Waals surface area contributed by atoms with E-state index in [-0.39, 0.29) is 5.91 Å². The Hall–Kier alpha value is -2.92. The van der Waals surface area contributed by atoms with Crippen LogP contribution >= 0.6 is 0 Å². The third-order valence-corrected chi connectivity index (χ3v) is 6.19. The molecule has 0 radical (unpaired) electrons. The van der Waals surface area contributed by atoms with Crippen molar-refractivity contribution in [1.29, 1.82) is 0 Å². The summed E-state index contributed by atoms with van der Waals surface area (Å²) in [5, 5.41) is 4.67. The maximum absolute atomic E-state index is 13.1. The molecule has 2 aromatic heterocycles. The highest BCUT2D eigenvalue weighted by molar-refractivity contribution is 6.15. The maximum Gasteiger partial charge on any atom is 0.253 e. The molecule has 0 N–H and O–H groups in total. The predicted octanol–water partition coefficient (Wildman–Crippen LogP) is 3.58. The van der Waals surface area contributed by atoms with Crippen molar-refractivity contribution in [2.75, 3.05) is 33.2 Å². The van der Waals surface area contributed by atoms with Crippen molar-refractivity contribution in [3.8, 4) is 0 Å². The number of hydrogen-bond donors (Lipinski definition) is 0. The van der Waals surface area contributed by atoms with Crippen LogP contribution in [-0.2, 0) is 7.05 Å². The van der Waals surface area contributed by atoms with Gasteiger partial charge in [-0.3, -0.25) is 9.78 Å². The Balaban J connectivity index is 1.69. The SMILES string of the molecule is Cc1c2ccncc2cc2c3cc(C(=O)N4CCN(C)CC4)ccc3n(C)c12. The zero-order valence-corrected chi connectivity index (χ0v) is 16.6. The minimum Gasteiger partial charge on any atom is -0.343 e. The van der Waals surface area contributed by atoms with Crippen LogP contribution in [0.3, 0.4) is 0 Å². The summed E-state index contributed by atoms with van der Waals surface area (Å²) in [7, 11) is 4.21. The molecule has 5 rings (SSSR count). The van der Waals surface area contributed by atoms with E-state index in [0.29, 0.717) is 0 Å². The van der Waals surface area contributed by atoms with Crippen LogP contribution in [0.25, 0.3) is 32.6 Å². The van der Waals surface area contributed by atoms with Gasteiger partial charge in [-0.05, 0) is 55.3 Å². The molecule has 0 atom stereocenters. The number of hydrogen-bond acceptors (Lipinski definition) is 3. The van der Waals surface area contributed by atoms with Gasteiger partial charge < -0.3 is 14.4 Å². The summed E-state index contributed by atoms with van der Waals surface area (Å²) < 4.78 is 2.24. The van der Waals surface area contributed by atoms with Crippen molar-refractivity contribution in [3.05, 3.63) is 53.9 Å². The van der Waals surface area contributed by atoms with Crippen LogP contribution in [0.5, 0.6) is 0 Å². The highest BCUT2D eigenvalue weighted by Crippen LogP contribution is 2.35. The first kappa shape index (κ1) is 17.2. The van der Waals surface area contributed by atoms with Gasteiger partial charge in [0.05, 0.1) is 5.52 Å². The number of piperazine rings is 1. The third-order valence-electron chi connectivity index (χ3n) is 6.19. The lowest BCUT2D eigenvalue weighted by Crippen LogP contribution is -2.47. The molecule has 5 heteroatoms. The fourth-order valence-electron chi connectivity index (χ4n) is 4.54. The highest BCUT2D eigenvalue weighted by Gasteiger charge is 2.21. The van der Waals surface area contributed by atoms with E-state index in [1.54, 1.807) is 0 Å². The van der Waals surface area contributed by atoms with E-state index in [9.17, 15) is 4.79 Å². The van der Waals surface area contributed by atoms with Crippen molar-refractivity contribution in [2.45, 2.75) is 6.92 Å². The first-order valence-electron chi connectivity index (χ1n) is 9.78. The fourth-order valence-corrected chi connectivity index (χ4v) is 4.54. The molecule has 1 amide bonds. The van der Waals surface area contributed by atoms with Gasteiger partial charge in [0.2, 0.25) is 0 Å². The second kappa shape index (κ2) is 6.31. The van der Waals surface area contributed by atoms with E-state index in [0.717, 1.165) is 48.0 Å². The lowest BCUT2D eigenvalue weighted by molar-refractivity contribution is 0.0664. The number of pyridine rings is 1. The van der Waals surface area contributed by atoms with Crippen molar-refractivity contribution in [1.82, 2.24) is 19.4 Å². The summed E-state index contributed by atoms with van der Waals surface area (Å²) in [6.45, 7) is 5.61. The molecule has 1 saturated heterocycles. The summed E-state index contributed by atoms with van der Waals surface area (Å²) in [5.41, 5.74) is 4.39. The van der Waals surface area contributed by atoms with Gasteiger partial charge in [0.1, 0.15) is 0 Å². The number of rotatable bonds is 1. The lowest BCUT2D eigenvalue weighted by Gasteiger charge is -2.32. The molecule has 1 fully saturated rings. The van der Waals surface area contributed by atoms with Crippen LogP contribution in [0.1, 0.15) is 15.9 Å². The van der Waals surface area contributed by atoms with Crippen LogP contribution in [0, 0.1) is 6.92 Å². The molecule has 2 aromatic carbocycles. The predicted molar refractivity (Wildman–Crippen MR) is 114 cm³/mol. The molecular formula is C23H24N4O. The molecule has 0 saturated carbocycles. The van der Waals surface area contributed by atoms with Crippen LogP contribution in [0.4, 0.5) is 0 Å². The van der Waals surface area contributed by atoms with Crippen molar-refractivity contribution < 1.29 is 4.79 Å². The van der Waals surface area contributed by atoms with Crippen molar-refractivity contribution in [2.24, 2.45) is 7.05 Å². The van der Waals surface area contributed by atoms with Crippen LogP contribution < -0.4 is 0 Å². The number of aromatic nitrogens is 2. The van der Waals surface area contributed by atoms with Gasteiger partial charge in [-0.2, -0.15) is 0 Å². The van der Waals surface area contributed by atoms with Gasteiger partial charge in [0.15, 0.2) is 0 Å². The number of fused-ring (bicyclic) bond motifs is 4. The molecule has 0 aliphatic carbocycles. The third kappa shape index (κ3) is 2.50. The van der Waals surface area contributed by atoms with Gasteiger partial charge >= 0.3 is 0 Å². The molecule has 142 valence electrons. The van der Waals surface area contributed by atoms with E-state index >= 15 is 0 Å². The average molecular weight is 372 g/mol. The van der Waals surface area contributed by atoms with Gasteiger partial charge in [-0.25, -0.2) is 0 Å². The Morgan fingerprint density at radius 1 is 0.964 bits per heavy atom. The molecule has 3 heterocycles. The Morgan fingerprint density at radius 2 is 1.75 bits per heavy atom. The smallest absolute Gasteiger partial charge is 0.253 e. The molecular weight excluding hydrogens is 348 g/mol. The summed E-state index contributed by atoms with van der Waals surface area (Å²) in [5.74, 6) is 0.131. The fraction of sp³-hybridized carbons (Fsp3) is 0.304. The maximum atomic E-state index is 13.1. The van der Waals surface area contributed by atoms with Gasteiger partial charge in [-0.15, -0.1) is 0 Å². The molecule has 28 heavy (non-hydrogen) atoms. The summed E-state index contributed by atoms with van der Waals surface area (Å²) in [6.07, 6.45) is 3.76. The Labute approximate surface area is 164 Å². The quantitative estimate of drug-likeness (QED) is 0.513. The van der Waals surface area contributed by atoms with E-state index < -0.39 is 0 Å². The average Bonchev–Trinajstić information content (AvgIpc) is 3.00. The van der Waals surface area contributed by atoms with Gasteiger partial charge in [0.25, 0.3) is 5.91 Å². The molecule has 0 unspecified atom stereocenters. The van der Waals surface area contributed by atoms with E-state index in [4.69, 9.17) is 0 Å². The second-order valence-corrected chi connectivity index (χ2v) is 7.88. The Kier molecular flexibility index (Phi) is 3.88. The van der Waals surface area contributed by atoms with Crippen molar-refractivity contribution in [3.63, 3.8) is 0 Å². The van der Waals surface area contributed by atoms with Crippen LogP contribution in [0.15, 0.2) is 42.7 Å². The van der Waals surface area contributed by atoms with E-state index in [1.807, 2.05) is 23.4 Å². The number of aryl methyl sites for hydroxylation is 2. The zero-order valence-electron chi connectivity index (χ0n) is 16.6. The highest BCUT2D eigenvalue weighted by atomic mass is 16.2. The number of carbonyl (C=O) groups excluding carboxylic acids is 1. The standard InChI is InChI=1S/C23H24N4O/c1-15-18-6-7-24-14-17(18)13-20-19-12-16(4-5-21(19)26(3)22(15)20)23(28)27-10-8-25(2)9-11-27/h4-7,12-14H,8-11H2,1-3H3. The first-order chi connectivity index (χ1) is 13.5. The Bertz CT molecular complexity index is 1230. The number of benzene rings is 2.